The minimum Gasteiger partial charge on any atom is -0.465 e. The molecule has 2 aromatic rings. The third-order valence-corrected chi connectivity index (χ3v) is 3.58. The van der Waals surface area contributed by atoms with Crippen LogP contribution in [-0.2, 0) is 6.42 Å². The smallest absolute Gasteiger partial charge is 0.120 e. The molecule has 0 aliphatic carbocycles. The summed E-state index contributed by atoms with van der Waals surface area (Å²) in [5.41, 5.74) is 1.40. The second-order valence-electron chi connectivity index (χ2n) is 4.57. The van der Waals surface area contributed by atoms with Crippen LogP contribution in [0.5, 0.6) is 0 Å². The van der Waals surface area contributed by atoms with Crippen LogP contribution < -0.4 is 5.32 Å². The highest BCUT2D eigenvalue weighted by molar-refractivity contribution is 7.07. The van der Waals surface area contributed by atoms with Gasteiger partial charge in [-0.15, -0.1) is 0 Å². The molecule has 2 atom stereocenters. The van der Waals surface area contributed by atoms with E-state index in [1.54, 1.807) is 11.3 Å². The van der Waals surface area contributed by atoms with E-state index in [4.69, 9.17) is 4.42 Å². The van der Waals surface area contributed by atoms with Gasteiger partial charge in [-0.2, -0.15) is 11.3 Å². The van der Waals surface area contributed by atoms with E-state index in [-0.39, 0.29) is 6.04 Å². The number of nitrogens with one attached hydrogen (secondary N) is 1. The van der Waals surface area contributed by atoms with Crippen molar-refractivity contribution in [3.8, 4) is 0 Å². The standard InChI is InChI=1S/C14H19NOS/c1-10(8-13-6-7-17-9-13)15-12(3)14-5-4-11(2)16-14/h4-7,9-10,12,15H,8H2,1-3H3. The molecule has 0 bridgehead atoms. The average molecular weight is 249 g/mol. The number of hydrogen-bond donors (Lipinski definition) is 1. The van der Waals surface area contributed by atoms with Gasteiger partial charge in [0, 0.05) is 6.04 Å². The van der Waals surface area contributed by atoms with Crippen molar-refractivity contribution in [2.75, 3.05) is 0 Å². The summed E-state index contributed by atoms with van der Waals surface area (Å²) >= 11 is 1.75. The average Bonchev–Trinajstić information content (AvgIpc) is 2.89. The van der Waals surface area contributed by atoms with Gasteiger partial charge in [0.25, 0.3) is 0 Å². The highest BCUT2D eigenvalue weighted by Crippen LogP contribution is 2.17. The molecule has 0 aliphatic heterocycles. The topological polar surface area (TPSA) is 25.2 Å². The molecule has 0 radical (unpaired) electrons. The first-order valence-corrected chi connectivity index (χ1v) is 6.93. The molecule has 0 spiro atoms. The molecule has 3 heteroatoms. The molecule has 0 aromatic carbocycles. The van der Waals surface area contributed by atoms with Crippen LogP contribution in [0.25, 0.3) is 0 Å². The summed E-state index contributed by atoms with van der Waals surface area (Å²) in [4.78, 5) is 0. The lowest BCUT2D eigenvalue weighted by atomic mass is 10.1. The molecule has 0 aliphatic rings. The van der Waals surface area contributed by atoms with Crippen molar-refractivity contribution in [1.82, 2.24) is 5.32 Å². The van der Waals surface area contributed by atoms with Crippen LogP contribution in [0, 0.1) is 6.92 Å². The largest absolute Gasteiger partial charge is 0.465 e. The lowest BCUT2D eigenvalue weighted by Crippen LogP contribution is -2.30. The van der Waals surface area contributed by atoms with Gasteiger partial charge >= 0.3 is 0 Å². The van der Waals surface area contributed by atoms with Gasteiger partial charge in [-0.1, -0.05) is 0 Å². The summed E-state index contributed by atoms with van der Waals surface area (Å²) in [6, 6.07) is 6.95. The van der Waals surface area contributed by atoms with Crippen molar-refractivity contribution >= 4 is 11.3 Å². The Bertz CT molecular complexity index is 446. The van der Waals surface area contributed by atoms with Crippen molar-refractivity contribution in [1.29, 1.82) is 0 Å². The molecule has 2 heterocycles. The first-order chi connectivity index (χ1) is 8.15. The maximum Gasteiger partial charge on any atom is 0.120 e. The normalized spacial score (nSPS) is 14.8. The molecule has 2 aromatic heterocycles. The molecule has 2 rings (SSSR count). The summed E-state index contributed by atoms with van der Waals surface area (Å²) in [6.45, 7) is 6.33. The van der Waals surface area contributed by atoms with E-state index in [1.165, 1.54) is 5.56 Å². The second-order valence-corrected chi connectivity index (χ2v) is 5.35. The fourth-order valence-corrected chi connectivity index (χ4v) is 2.70. The number of thiophene rings is 1. The zero-order valence-corrected chi connectivity index (χ0v) is 11.4. The summed E-state index contributed by atoms with van der Waals surface area (Å²) in [6.07, 6.45) is 1.06. The molecule has 2 unspecified atom stereocenters. The monoisotopic (exact) mass is 249 g/mol. The van der Waals surface area contributed by atoms with Gasteiger partial charge in [0.2, 0.25) is 0 Å². The van der Waals surface area contributed by atoms with Crippen molar-refractivity contribution in [3.05, 3.63) is 46.0 Å². The molecule has 0 amide bonds. The molecule has 0 saturated carbocycles. The zero-order valence-electron chi connectivity index (χ0n) is 10.6. The summed E-state index contributed by atoms with van der Waals surface area (Å²) in [5.74, 6) is 1.99. The van der Waals surface area contributed by atoms with Crippen LogP contribution >= 0.6 is 11.3 Å². The van der Waals surface area contributed by atoms with Gasteiger partial charge in [-0.25, -0.2) is 0 Å². The molecule has 1 N–H and O–H groups in total. The Kier molecular flexibility index (Phi) is 4.02. The van der Waals surface area contributed by atoms with Crippen LogP contribution in [0.15, 0.2) is 33.4 Å². The van der Waals surface area contributed by atoms with E-state index >= 15 is 0 Å². The molecule has 0 saturated heterocycles. The third-order valence-electron chi connectivity index (χ3n) is 2.84. The van der Waals surface area contributed by atoms with Crippen LogP contribution in [0.1, 0.15) is 37.0 Å². The van der Waals surface area contributed by atoms with Crippen molar-refractivity contribution < 1.29 is 4.42 Å². The number of aryl methyl sites for hydroxylation is 1. The van der Waals surface area contributed by atoms with E-state index in [1.807, 2.05) is 19.1 Å². The van der Waals surface area contributed by atoms with Gasteiger partial charge in [-0.05, 0) is 61.7 Å². The highest BCUT2D eigenvalue weighted by Gasteiger charge is 2.12. The zero-order chi connectivity index (χ0) is 12.3. The molecule has 0 fully saturated rings. The number of furan rings is 1. The maximum absolute atomic E-state index is 5.62. The Morgan fingerprint density at radius 3 is 2.71 bits per heavy atom. The van der Waals surface area contributed by atoms with Crippen LogP contribution in [0.2, 0.25) is 0 Å². The number of rotatable bonds is 5. The van der Waals surface area contributed by atoms with Crippen molar-refractivity contribution in [2.45, 2.75) is 39.3 Å². The summed E-state index contributed by atoms with van der Waals surface area (Å²) in [5, 5.41) is 7.89. The van der Waals surface area contributed by atoms with Crippen LogP contribution in [-0.4, -0.2) is 6.04 Å². The van der Waals surface area contributed by atoms with Crippen molar-refractivity contribution in [2.24, 2.45) is 0 Å². The van der Waals surface area contributed by atoms with Gasteiger partial charge < -0.3 is 9.73 Å². The first-order valence-electron chi connectivity index (χ1n) is 5.98. The van der Waals surface area contributed by atoms with Gasteiger partial charge in [-0.3, -0.25) is 0 Å². The molecule has 2 nitrogen and oxygen atoms in total. The molecule has 17 heavy (non-hydrogen) atoms. The van der Waals surface area contributed by atoms with E-state index in [9.17, 15) is 0 Å². The predicted octanol–water partition coefficient (Wildman–Crippen LogP) is 3.93. The van der Waals surface area contributed by atoms with Gasteiger partial charge in [0.05, 0.1) is 6.04 Å². The molecular formula is C14H19NOS. The second kappa shape index (κ2) is 5.52. The predicted molar refractivity (Wildman–Crippen MR) is 72.5 cm³/mol. The summed E-state index contributed by atoms with van der Waals surface area (Å²) in [7, 11) is 0. The minimum atomic E-state index is 0.261. The minimum absolute atomic E-state index is 0.261. The van der Waals surface area contributed by atoms with Crippen LogP contribution in [0.3, 0.4) is 0 Å². The highest BCUT2D eigenvalue weighted by atomic mass is 32.1. The quantitative estimate of drug-likeness (QED) is 0.868. The van der Waals surface area contributed by atoms with E-state index in [2.05, 4.69) is 36.0 Å². The fraction of sp³-hybridized carbons (Fsp3) is 0.429. The Balaban J connectivity index is 1.88. The summed E-state index contributed by atoms with van der Waals surface area (Å²) < 4.78 is 5.62. The Labute approximate surface area is 107 Å². The van der Waals surface area contributed by atoms with E-state index in [0.29, 0.717) is 6.04 Å². The Morgan fingerprint density at radius 1 is 1.29 bits per heavy atom. The van der Waals surface area contributed by atoms with Crippen molar-refractivity contribution in [3.63, 3.8) is 0 Å². The first kappa shape index (κ1) is 12.4. The third kappa shape index (κ3) is 3.45. The number of hydrogen-bond acceptors (Lipinski definition) is 3. The van der Waals surface area contributed by atoms with Gasteiger partial charge in [0.1, 0.15) is 11.5 Å². The maximum atomic E-state index is 5.62. The Morgan fingerprint density at radius 2 is 2.12 bits per heavy atom. The Hall–Kier alpha value is -1.06. The van der Waals surface area contributed by atoms with E-state index in [0.717, 1.165) is 17.9 Å². The lowest BCUT2D eigenvalue weighted by Gasteiger charge is -2.18. The van der Waals surface area contributed by atoms with E-state index < -0.39 is 0 Å². The van der Waals surface area contributed by atoms with Gasteiger partial charge in [0.15, 0.2) is 0 Å². The lowest BCUT2D eigenvalue weighted by molar-refractivity contribution is 0.387. The van der Waals surface area contributed by atoms with Crippen LogP contribution in [0.4, 0.5) is 0 Å². The molecule has 92 valence electrons. The molecular weight excluding hydrogens is 230 g/mol. The fourth-order valence-electron chi connectivity index (χ4n) is 2.02. The SMILES string of the molecule is Cc1ccc(C(C)NC(C)Cc2ccsc2)o1.